The second-order valence-electron chi connectivity index (χ2n) is 10.9. The second-order valence-corrected chi connectivity index (χ2v) is 10.9. The number of hydrogen-bond donors (Lipinski definition) is 1. The van der Waals surface area contributed by atoms with Gasteiger partial charge in [-0.2, -0.15) is 0 Å². The summed E-state index contributed by atoms with van der Waals surface area (Å²) in [5.74, 6) is 1.17. The lowest BCUT2D eigenvalue weighted by atomic mass is 9.85. The molecule has 3 aromatic rings. The molecule has 2 aliphatic rings. The van der Waals surface area contributed by atoms with Gasteiger partial charge in [-0.1, -0.05) is 74.7 Å². The molecule has 0 saturated carbocycles. The van der Waals surface area contributed by atoms with Gasteiger partial charge in [0.2, 0.25) is 0 Å². The third-order valence-corrected chi connectivity index (χ3v) is 7.51. The molecule has 0 unspecified atom stereocenters. The van der Waals surface area contributed by atoms with Crippen molar-refractivity contribution in [3.8, 4) is 11.5 Å². The molecule has 3 aromatic carbocycles. The van der Waals surface area contributed by atoms with Gasteiger partial charge in [-0.05, 0) is 84.4 Å². The Morgan fingerprint density at radius 3 is 2.64 bits per heavy atom. The van der Waals surface area contributed by atoms with Gasteiger partial charge in [-0.3, -0.25) is 4.90 Å². The van der Waals surface area contributed by atoms with Gasteiger partial charge in [-0.25, -0.2) is 0 Å². The van der Waals surface area contributed by atoms with Gasteiger partial charge in [0.05, 0.1) is 5.56 Å². The molecule has 0 radical (unpaired) electrons. The van der Waals surface area contributed by atoms with Crippen LogP contribution in [-0.4, -0.2) is 28.7 Å². The molecular formula is C33H39NO2. The Morgan fingerprint density at radius 1 is 1.00 bits per heavy atom. The van der Waals surface area contributed by atoms with Crippen LogP contribution < -0.4 is 4.74 Å². The molecule has 36 heavy (non-hydrogen) atoms. The van der Waals surface area contributed by atoms with E-state index >= 15 is 0 Å². The highest BCUT2D eigenvalue weighted by Gasteiger charge is 2.31. The molecule has 2 aliphatic heterocycles. The van der Waals surface area contributed by atoms with Crippen molar-refractivity contribution < 1.29 is 9.84 Å². The topological polar surface area (TPSA) is 32.7 Å². The normalized spacial score (nSPS) is 17.3. The van der Waals surface area contributed by atoms with Crippen LogP contribution in [0.1, 0.15) is 69.6 Å². The highest BCUT2D eigenvalue weighted by molar-refractivity contribution is 5.88. The number of rotatable bonds is 8. The van der Waals surface area contributed by atoms with Crippen molar-refractivity contribution in [2.24, 2.45) is 0 Å². The van der Waals surface area contributed by atoms with Crippen LogP contribution in [0.25, 0.3) is 16.3 Å². The third-order valence-electron chi connectivity index (χ3n) is 7.51. The maximum absolute atomic E-state index is 11.1. The molecule has 5 rings (SSSR count). The fourth-order valence-corrected chi connectivity index (χ4v) is 5.66. The van der Waals surface area contributed by atoms with Gasteiger partial charge in [0.15, 0.2) is 0 Å². The van der Waals surface area contributed by atoms with E-state index in [0.717, 1.165) is 55.8 Å². The van der Waals surface area contributed by atoms with Crippen LogP contribution in [0.3, 0.4) is 0 Å². The fraction of sp³-hybridized carbons (Fsp3) is 0.394. The minimum absolute atomic E-state index is 0.346. The van der Waals surface area contributed by atoms with Gasteiger partial charge in [0, 0.05) is 19.6 Å². The Balaban J connectivity index is 1.36. The lowest BCUT2D eigenvalue weighted by Crippen LogP contribution is -2.31. The number of aryl methyl sites for hydroxylation is 1. The zero-order valence-corrected chi connectivity index (χ0v) is 22.0. The maximum Gasteiger partial charge on any atom is 0.132 e. The number of unbranched alkanes of at least 4 members (excludes halogenated alkanes) is 3. The molecule has 0 amide bonds. The van der Waals surface area contributed by atoms with Crippen molar-refractivity contribution in [3.05, 3.63) is 89.0 Å². The molecule has 0 fully saturated rings. The van der Waals surface area contributed by atoms with E-state index in [4.69, 9.17) is 4.74 Å². The van der Waals surface area contributed by atoms with E-state index < -0.39 is 5.60 Å². The van der Waals surface area contributed by atoms with E-state index in [1.165, 1.54) is 46.7 Å². The molecule has 1 N–H and O–H groups in total. The van der Waals surface area contributed by atoms with Crippen molar-refractivity contribution in [1.82, 2.24) is 4.90 Å². The fourth-order valence-electron chi connectivity index (χ4n) is 5.66. The van der Waals surface area contributed by atoms with E-state index in [0.29, 0.717) is 5.75 Å². The first-order chi connectivity index (χ1) is 17.4. The Hall–Kier alpha value is -3.04. The summed E-state index contributed by atoms with van der Waals surface area (Å²) < 4.78 is 6.36. The molecule has 0 saturated heterocycles. The number of nitrogens with zero attached hydrogens (tertiary/aromatic N) is 1. The summed E-state index contributed by atoms with van der Waals surface area (Å²) >= 11 is 0. The summed E-state index contributed by atoms with van der Waals surface area (Å²) in [5.41, 5.74) is 5.45. The maximum atomic E-state index is 11.1. The van der Waals surface area contributed by atoms with Crippen LogP contribution in [0.15, 0.2) is 72.3 Å². The van der Waals surface area contributed by atoms with Gasteiger partial charge in [0.25, 0.3) is 0 Å². The first-order valence-electron chi connectivity index (χ1n) is 13.6. The lowest BCUT2D eigenvalue weighted by Gasteiger charge is -2.34. The summed E-state index contributed by atoms with van der Waals surface area (Å²) in [6.07, 6.45) is 11.4. The molecule has 0 atom stereocenters. The van der Waals surface area contributed by atoms with Crippen molar-refractivity contribution in [2.75, 3.05) is 13.1 Å². The number of hydrogen-bond acceptors (Lipinski definition) is 3. The highest BCUT2D eigenvalue weighted by Crippen LogP contribution is 2.46. The van der Waals surface area contributed by atoms with Crippen molar-refractivity contribution in [2.45, 2.75) is 71.4 Å². The zero-order valence-electron chi connectivity index (χ0n) is 22.0. The highest BCUT2D eigenvalue weighted by atomic mass is 16.5. The summed E-state index contributed by atoms with van der Waals surface area (Å²) in [6, 6.07) is 19.4. The van der Waals surface area contributed by atoms with Crippen LogP contribution in [0.5, 0.6) is 11.5 Å². The Bertz CT molecular complexity index is 1300. The molecule has 0 aromatic heterocycles. The zero-order chi connectivity index (χ0) is 25.1. The molecule has 3 heteroatoms. The van der Waals surface area contributed by atoms with Crippen molar-refractivity contribution in [3.63, 3.8) is 0 Å². The van der Waals surface area contributed by atoms with E-state index in [1.54, 1.807) is 0 Å². The minimum Gasteiger partial charge on any atom is -0.507 e. The molecule has 3 nitrogen and oxygen atoms in total. The SMILES string of the molecule is CCCCCCc1cc(O)c2c(c1)OC(C)(C)C=C2C1=CCN(Cc2cccc3ccccc23)CC1. The first-order valence-corrected chi connectivity index (χ1v) is 13.6. The van der Waals surface area contributed by atoms with Crippen LogP contribution in [0.4, 0.5) is 0 Å². The van der Waals surface area contributed by atoms with E-state index in [9.17, 15) is 5.11 Å². The Morgan fingerprint density at radius 2 is 1.83 bits per heavy atom. The van der Waals surface area contributed by atoms with Crippen LogP contribution in [-0.2, 0) is 13.0 Å². The van der Waals surface area contributed by atoms with E-state index in [-0.39, 0.29) is 0 Å². The van der Waals surface area contributed by atoms with E-state index in [2.05, 4.69) is 86.4 Å². The molecule has 2 heterocycles. The Kier molecular flexibility index (Phi) is 7.20. The lowest BCUT2D eigenvalue weighted by molar-refractivity contribution is 0.157. The van der Waals surface area contributed by atoms with E-state index in [1.807, 2.05) is 6.07 Å². The number of phenolic OH excluding ortho intramolecular Hbond substituents is 1. The number of benzene rings is 3. The standard InChI is InChI=1S/C33H39NO2/c1-4-5-6-7-11-24-20-30(35)32-29(22-33(2,3)36-31(32)21-24)26-16-18-34(19-17-26)23-27-14-10-13-25-12-8-9-15-28(25)27/h8-10,12-16,20-22,35H,4-7,11,17-19,23H2,1-3H3. The number of allylic oxidation sites excluding steroid dienone is 1. The number of fused-ring (bicyclic) bond motifs is 2. The molecule has 0 aliphatic carbocycles. The largest absolute Gasteiger partial charge is 0.507 e. The number of ether oxygens (including phenoxy) is 1. The smallest absolute Gasteiger partial charge is 0.132 e. The van der Waals surface area contributed by atoms with Crippen LogP contribution in [0, 0.1) is 0 Å². The molecular weight excluding hydrogens is 442 g/mol. The number of phenols is 1. The summed E-state index contributed by atoms with van der Waals surface area (Å²) in [5, 5.41) is 13.7. The summed E-state index contributed by atoms with van der Waals surface area (Å²) in [7, 11) is 0. The predicted octanol–water partition coefficient (Wildman–Crippen LogP) is 8.05. The average molecular weight is 482 g/mol. The average Bonchev–Trinajstić information content (AvgIpc) is 2.86. The first kappa shape index (κ1) is 24.6. The quantitative estimate of drug-likeness (QED) is 0.330. The second kappa shape index (κ2) is 10.5. The minimum atomic E-state index is -0.406. The monoisotopic (exact) mass is 481 g/mol. The summed E-state index contributed by atoms with van der Waals surface area (Å²) in [6.45, 7) is 9.30. The van der Waals surface area contributed by atoms with Crippen LogP contribution >= 0.6 is 0 Å². The summed E-state index contributed by atoms with van der Waals surface area (Å²) in [4.78, 5) is 2.51. The van der Waals surface area contributed by atoms with Gasteiger partial charge in [0.1, 0.15) is 17.1 Å². The van der Waals surface area contributed by atoms with Gasteiger partial charge >= 0.3 is 0 Å². The molecule has 0 spiro atoms. The van der Waals surface area contributed by atoms with Crippen LogP contribution in [0.2, 0.25) is 0 Å². The van der Waals surface area contributed by atoms with Gasteiger partial charge < -0.3 is 9.84 Å². The molecule has 188 valence electrons. The third kappa shape index (κ3) is 5.37. The molecule has 0 bridgehead atoms. The van der Waals surface area contributed by atoms with Crippen molar-refractivity contribution >= 4 is 16.3 Å². The van der Waals surface area contributed by atoms with Crippen molar-refractivity contribution in [1.29, 1.82) is 0 Å². The predicted molar refractivity (Wildman–Crippen MR) is 151 cm³/mol. The number of aromatic hydroxyl groups is 1. The Labute approximate surface area is 216 Å². The van der Waals surface area contributed by atoms with Gasteiger partial charge in [-0.15, -0.1) is 0 Å².